The fraction of sp³-hybridized carbons (Fsp3) is 0.355. The molecule has 2 aliphatic heterocycles. The molecule has 3 aliphatic rings. The molecule has 2 saturated heterocycles. The molecular formula is C31H31N7O. The Morgan fingerprint density at radius 2 is 1.69 bits per heavy atom. The summed E-state index contributed by atoms with van der Waals surface area (Å²) in [6.07, 6.45) is 9.99. The molecule has 0 amide bonds. The third-order valence-electron chi connectivity index (χ3n) is 9.00. The molecule has 3 atom stereocenters. The van der Waals surface area contributed by atoms with E-state index < -0.39 is 0 Å². The molecule has 2 bridgehead atoms. The van der Waals surface area contributed by atoms with E-state index in [0.717, 1.165) is 65.2 Å². The topological polar surface area (TPSA) is 84.8 Å². The third kappa shape index (κ3) is 3.97. The largest absolute Gasteiger partial charge is 0.375 e. The van der Waals surface area contributed by atoms with Crippen LogP contribution in [0.5, 0.6) is 0 Å². The summed E-state index contributed by atoms with van der Waals surface area (Å²) in [5.74, 6) is 0.844. The first-order chi connectivity index (χ1) is 19.2. The quantitative estimate of drug-likeness (QED) is 0.345. The molecule has 5 heterocycles. The molecule has 5 aromatic rings. The van der Waals surface area contributed by atoms with Gasteiger partial charge in [0.05, 0.1) is 18.4 Å². The molecule has 0 spiro atoms. The number of fused-ring (bicyclic) bond motifs is 4. The summed E-state index contributed by atoms with van der Waals surface area (Å²) in [5, 5.41) is 12.9. The van der Waals surface area contributed by atoms with Crippen molar-refractivity contribution in [2.24, 2.45) is 7.05 Å². The zero-order valence-electron chi connectivity index (χ0n) is 22.0. The lowest BCUT2D eigenvalue weighted by atomic mass is 9.96. The second-order valence-corrected chi connectivity index (χ2v) is 11.2. The number of H-pyrrole nitrogens is 1. The number of benzene rings is 2. The number of rotatable bonds is 4. The normalized spacial score (nSPS) is 22.8. The van der Waals surface area contributed by atoms with E-state index in [-0.39, 0.29) is 0 Å². The number of aromatic nitrogens is 6. The fourth-order valence-electron chi connectivity index (χ4n) is 6.90. The Hall–Kier alpha value is -3.88. The molecule has 8 nitrogen and oxygen atoms in total. The van der Waals surface area contributed by atoms with E-state index in [1.165, 1.54) is 36.0 Å². The van der Waals surface area contributed by atoms with Gasteiger partial charge in [-0.15, -0.1) is 0 Å². The molecule has 0 radical (unpaired) electrons. The highest BCUT2D eigenvalue weighted by Gasteiger charge is 2.42. The Kier molecular flexibility index (Phi) is 5.38. The zero-order valence-corrected chi connectivity index (χ0v) is 22.0. The van der Waals surface area contributed by atoms with Crippen LogP contribution >= 0.6 is 0 Å². The SMILES string of the molecule is Cn1ncnc1-c1ccc(-c2[nH]nc3ncc(-c4ccc5c(c4)CC[C@@H](N4C[C@@H]6C[C@H]4CO6)CC5)cc23)cc1. The Bertz CT molecular complexity index is 1670. The summed E-state index contributed by atoms with van der Waals surface area (Å²) < 4.78 is 7.64. The van der Waals surface area contributed by atoms with Gasteiger partial charge in [-0.3, -0.25) is 10.00 Å². The van der Waals surface area contributed by atoms with Crippen LogP contribution in [0.3, 0.4) is 0 Å². The number of hydrogen-bond acceptors (Lipinski definition) is 6. The van der Waals surface area contributed by atoms with E-state index in [0.29, 0.717) is 18.2 Å². The Balaban J connectivity index is 1.07. The zero-order chi connectivity index (χ0) is 25.9. The lowest BCUT2D eigenvalue weighted by Gasteiger charge is -2.34. The molecular weight excluding hydrogens is 486 g/mol. The molecule has 8 rings (SSSR count). The van der Waals surface area contributed by atoms with Crippen LogP contribution in [0.15, 0.2) is 61.1 Å². The number of ether oxygens (including phenoxy) is 1. The van der Waals surface area contributed by atoms with Gasteiger partial charge in [0.25, 0.3) is 0 Å². The molecule has 8 heteroatoms. The van der Waals surface area contributed by atoms with E-state index in [2.05, 4.69) is 73.7 Å². The van der Waals surface area contributed by atoms with Crippen molar-refractivity contribution in [3.63, 3.8) is 0 Å². The third-order valence-corrected chi connectivity index (χ3v) is 9.00. The second-order valence-electron chi connectivity index (χ2n) is 11.2. The van der Waals surface area contributed by atoms with E-state index in [1.807, 2.05) is 13.2 Å². The highest BCUT2D eigenvalue weighted by molar-refractivity contribution is 5.93. The van der Waals surface area contributed by atoms with Crippen LogP contribution in [0.2, 0.25) is 0 Å². The lowest BCUT2D eigenvalue weighted by Crippen LogP contribution is -2.44. The van der Waals surface area contributed by atoms with Gasteiger partial charge in [-0.2, -0.15) is 10.2 Å². The van der Waals surface area contributed by atoms with Crippen molar-refractivity contribution >= 4 is 11.0 Å². The average molecular weight is 518 g/mol. The van der Waals surface area contributed by atoms with Crippen LogP contribution in [-0.4, -0.2) is 66.2 Å². The van der Waals surface area contributed by atoms with E-state index >= 15 is 0 Å². The first-order valence-corrected chi connectivity index (χ1v) is 14.0. The van der Waals surface area contributed by atoms with Crippen molar-refractivity contribution in [1.82, 2.24) is 34.8 Å². The Labute approximate surface area is 227 Å². The molecule has 2 fully saturated rings. The smallest absolute Gasteiger partial charge is 0.181 e. The monoisotopic (exact) mass is 517 g/mol. The van der Waals surface area contributed by atoms with Gasteiger partial charge >= 0.3 is 0 Å². The van der Waals surface area contributed by atoms with Gasteiger partial charge < -0.3 is 4.74 Å². The van der Waals surface area contributed by atoms with Gasteiger partial charge in [-0.25, -0.2) is 14.6 Å². The standard InChI is InChI=1S/C31H31N7O/c1-37-31(33-18-34-37)21-5-3-20(4-6-21)29-28-13-24(15-32-30(28)36-35-29)23-7-2-19-8-10-25(11-9-22(19)12-23)38-16-27-14-26(38)17-39-27/h2-7,12-13,15,18,25-27H,8-11,14,16-17H2,1H3,(H,32,35,36)/t25-,26-,27-/m0/s1. The molecule has 0 saturated carbocycles. The number of morpholine rings is 1. The van der Waals surface area contributed by atoms with Gasteiger partial charge in [-0.1, -0.05) is 42.5 Å². The van der Waals surface area contributed by atoms with Crippen molar-refractivity contribution in [1.29, 1.82) is 0 Å². The van der Waals surface area contributed by atoms with E-state index in [1.54, 1.807) is 11.0 Å². The van der Waals surface area contributed by atoms with Gasteiger partial charge in [0, 0.05) is 53.9 Å². The maximum absolute atomic E-state index is 5.86. The predicted octanol–water partition coefficient (Wildman–Crippen LogP) is 4.81. The minimum Gasteiger partial charge on any atom is -0.375 e. The summed E-state index contributed by atoms with van der Waals surface area (Å²) in [4.78, 5) is 11.8. The van der Waals surface area contributed by atoms with Crippen molar-refractivity contribution in [3.8, 4) is 33.8 Å². The van der Waals surface area contributed by atoms with Gasteiger partial charge in [0.15, 0.2) is 11.5 Å². The fourth-order valence-corrected chi connectivity index (χ4v) is 6.90. The Morgan fingerprint density at radius 3 is 2.46 bits per heavy atom. The summed E-state index contributed by atoms with van der Waals surface area (Å²) in [6, 6.07) is 18.9. The molecule has 196 valence electrons. The molecule has 1 N–H and O–H groups in total. The van der Waals surface area contributed by atoms with Crippen LogP contribution < -0.4 is 0 Å². The summed E-state index contributed by atoms with van der Waals surface area (Å²) in [5.41, 5.74) is 9.14. The first kappa shape index (κ1) is 23.0. The van der Waals surface area contributed by atoms with Crippen LogP contribution in [0.1, 0.15) is 30.4 Å². The maximum atomic E-state index is 5.86. The average Bonchev–Trinajstić information content (AvgIpc) is 3.76. The number of pyridine rings is 1. The number of hydrogen-bond donors (Lipinski definition) is 1. The predicted molar refractivity (Wildman–Crippen MR) is 150 cm³/mol. The summed E-state index contributed by atoms with van der Waals surface area (Å²) in [6.45, 7) is 2.05. The van der Waals surface area contributed by atoms with Crippen LogP contribution in [-0.2, 0) is 24.6 Å². The van der Waals surface area contributed by atoms with E-state index in [9.17, 15) is 0 Å². The number of likely N-dealkylation sites (tertiary alicyclic amines) is 1. The summed E-state index contributed by atoms with van der Waals surface area (Å²) in [7, 11) is 1.90. The number of aromatic amines is 1. The molecule has 2 aromatic carbocycles. The van der Waals surface area contributed by atoms with Crippen molar-refractivity contribution in [2.45, 2.75) is 50.3 Å². The minimum atomic E-state index is 0.471. The van der Waals surface area contributed by atoms with E-state index in [4.69, 9.17) is 9.72 Å². The van der Waals surface area contributed by atoms with Crippen molar-refractivity contribution in [2.75, 3.05) is 13.2 Å². The maximum Gasteiger partial charge on any atom is 0.181 e. The second kappa shape index (κ2) is 9.10. The van der Waals surface area contributed by atoms with Gasteiger partial charge in [0.1, 0.15) is 6.33 Å². The van der Waals surface area contributed by atoms with Crippen LogP contribution in [0.25, 0.3) is 44.8 Å². The molecule has 39 heavy (non-hydrogen) atoms. The minimum absolute atomic E-state index is 0.471. The molecule has 1 aliphatic carbocycles. The molecule has 3 aromatic heterocycles. The van der Waals surface area contributed by atoms with Gasteiger partial charge in [-0.05, 0) is 54.9 Å². The first-order valence-electron chi connectivity index (χ1n) is 14.0. The Morgan fingerprint density at radius 1 is 0.872 bits per heavy atom. The number of aryl methyl sites for hydroxylation is 3. The van der Waals surface area contributed by atoms with Crippen molar-refractivity contribution in [3.05, 3.63) is 72.2 Å². The summed E-state index contributed by atoms with van der Waals surface area (Å²) >= 11 is 0. The lowest BCUT2D eigenvalue weighted by molar-refractivity contribution is 0.00854. The van der Waals surface area contributed by atoms with Crippen LogP contribution in [0.4, 0.5) is 0 Å². The number of nitrogens with one attached hydrogen (secondary N) is 1. The number of nitrogens with zero attached hydrogens (tertiary/aromatic N) is 6. The van der Waals surface area contributed by atoms with Crippen molar-refractivity contribution < 1.29 is 4.74 Å². The van der Waals surface area contributed by atoms with Crippen LogP contribution in [0, 0.1) is 0 Å². The highest BCUT2D eigenvalue weighted by atomic mass is 16.5. The van der Waals surface area contributed by atoms with Gasteiger partial charge in [0.2, 0.25) is 0 Å². The highest BCUT2D eigenvalue weighted by Crippen LogP contribution is 2.36. The molecule has 0 unspecified atom stereocenters.